The number of pyridine rings is 1. The van der Waals surface area contributed by atoms with Crippen molar-refractivity contribution in [3.8, 4) is 21.8 Å². The number of amides is 1. The molecule has 6 rings (SSSR count). The summed E-state index contributed by atoms with van der Waals surface area (Å²) in [6, 6.07) is 24.0. The molecule has 0 saturated carbocycles. The molecule has 0 radical (unpaired) electrons. The molecule has 0 spiro atoms. The Labute approximate surface area is 212 Å². The topological polar surface area (TPSA) is 54.9 Å². The van der Waals surface area contributed by atoms with E-state index in [0.29, 0.717) is 11.6 Å². The van der Waals surface area contributed by atoms with Crippen molar-refractivity contribution in [1.29, 1.82) is 0 Å². The Bertz CT molecular complexity index is 1540. The van der Waals surface area contributed by atoms with Crippen LogP contribution in [-0.2, 0) is 19.4 Å². The zero-order chi connectivity index (χ0) is 23.8. The fourth-order valence-corrected chi connectivity index (χ4v) is 5.68. The summed E-state index contributed by atoms with van der Waals surface area (Å²) in [6.45, 7) is 0.450. The molecule has 0 bridgehead atoms. The number of carbonyl (C=O) groups is 1. The van der Waals surface area contributed by atoms with Gasteiger partial charge in [0.2, 0.25) is 0 Å². The monoisotopic (exact) mass is 495 g/mol. The van der Waals surface area contributed by atoms with Gasteiger partial charge in [-0.15, -0.1) is 11.3 Å². The molecule has 6 heteroatoms. The second-order valence-electron chi connectivity index (χ2n) is 8.71. The molecule has 0 atom stereocenters. The number of carbonyl (C=O) groups excluding carboxylic acids is 1. The maximum absolute atomic E-state index is 13.3. The highest BCUT2D eigenvalue weighted by atomic mass is 35.5. The minimum atomic E-state index is -0.0747. The van der Waals surface area contributed by atoms with Crippen molar-refractivity contribution in [2.24, 2.45) is 0 Å². The lowest BCUT2D eigenvalue weighted by molar-refractivity contribution is 0.0951. The number of fused-ring (bicyclic) bond motifs is 2. The lowest BCUT2D eigenvalue weighted by atomic mass is 10.0. The molecular weight excluding hydrogens is 474 g/mol. The Morgan fingerprint density at radius 3 is 2.60 bits per heavy atom. The van der Waals surface area contributed by atoms with Crippen LogP contribution in [0.5, 0.6) is 0 Å². The van der Waals surface area contributed by atoms with E-state index >= 15 is 0 Å². The third kappa shape index (κ3) is 4.33. The minimum Gasteiger partial charge on any atom is -0.348 e. The molecule has 0 aliphatic heterocycles. The summed E-state index contributed by atoms with van der Waals surface area (Å²) >= 11 is 7.89. The van der Waals surface area contributed by atoms with Crippen LogP contribution in [-0.4, -0.2) is 15.9 Å². The molecule has 172 valence electrons. The lowest BCUT2D eigenvalue weighted by Crippen LogP contribution is -2.24. The van der Waals surface area contributed by atoms with Crippen LogP contribution < -0.4 is 5.32 Å². The fraction of sp³-hybridized carbons (Fsp3) is 0.138. The van der Waals surface area contributed by atoms with Crippen LogP contribution in [0, 0.1) is 0 Å². The first kappa shape index (κ1) is 22.0. The van der Waals surface area contributed by atoms with E-state index in [1.54, 1.807) is 11.3 Å². The van der Waals surface area contributed by atoms with Crippen LogP contribution in [0.15, 0.2) is 78.2 Å². The van der Waals surface area contributed by atoms with Crippen LogP contribution in [0.2, 0.25) is 5.02 Å². The molecule has 0 unspecified atom stereocenters. The molecule has 1 N–H and O–H groups in total. The van der Waals surface area contributed by atoms with Gasteiger partial charge in [-0.1, -0.05) is 66.2 Å². The predicted molar refractivity (Wildman–Crippen MR) is 143 cm³/mol. The number of rotatable bonds is 5. The third-order valence-corrected chi connectivity index (χ3v) is 7.56. The number of aryl methyl sites for hydroxylation is 1. The Morgan fingerprint density at radius 1 is 0.943 bits per heavy atom. The maximum Gasteiger partial charge on any atom is 0.252 e. The van der Waals surface area contributed by atoms with Gasteiger partial charge in [-0.2, -0.15) is 0 Å². The summed E-state index contributed by atoms with van der Waals surface area (Å²) in [5, 5.41) is 7.62. The van der Waals surface area contributed by atoms with Gasteiger partial charge in [-0.25, -0.2) is 4.98 Å². The van der Waals surface area contributed by atoms with Gasteiger partial charge in [-0.3, -0.25) is 9.78 Å². The van der Waals surface area contributed by atoms with Crippen molar-refractivity contribution in [2.75, 3.05) is 0 Å². The molecule has 3 aromatic carbocycles. The Hall–Kier alpha value is -3.54. The number of halogens is 1. The van der Waals surface area contributed by atoms with E-state index in [2.05, 4.69) is 35.0 Å². The molecule has 0 fully saturated rings. The van der Waals surface area contributed by atoms with E-state index in [-0.39, 0.29) is 5.91 Å². The predicted octanol–water partition coefficient (Wildman–Crippen LogP) is 7.10. The number of hydrogen-bond donors (Lipinski definition) is 1. The number of hydrogen-bond acceptors (Lipinski definition) is 4. The van der Waals surface area contributed by atoms with Gasteiger partial charge in [-0.05, 0) is 48.6 Å². The summed E-state index contributed by atoms with van der Waals surface area (Å²) in [7, 11) is 0. The van der Waals surface area contributed by atoms with Gasteiger partial charge >= 0.3 is 0 Å². The molecule has 2 heterocycles. The van der Waals surface area contributed by atoms with E-state index < -0.39 is 0 Å². The summed E-state index contributed by atoms with van der Waals surface area (Å²) in [5.74, 6) is -0.0747. The fourth-order valence-electron chi connectivity index (χ4n) is 4.68. The molecule has 1 aliphatic carbocycles. The quantitative estimate of drug-likeness (QED) is 0.283. The third-order valence-electron chi connectivity index (χ3n) is 6.43. The van der Waals surface area contributed by atoms with E-state index in [4.69, 9.17) is 21.6 Å². The highest BCUT2D eigenvalue weighted by molar-refractivity contribution is 7.13. The number of aromatic nitrogens is 2. The smallest absolute Gasteiger partial charge is 0.252 e. The SMILES string of the molecule is O=C(NCc1ccc(-c2nc(-c3ccccc3)cs2)cc1)c1c2c(nc3ccc(Cl)cc13)CCC2. The first-order chi connectivity index (χ1) is 17.2. The average molecular weight is 496 g/mol. The standard InChI is InChI=1S/C29H22ClN3OS/c30-21-13-14-25-23(15-21)27(22-7-4-8-24(22)32-25)28(34)31-16-18-9-11-20(12-10-18)29-33-26(17-35-29)19-5-2-1-3-6-19/h1-3,5-6,9-15,17H,4,7-8,16H2,(H,31,34). The van der Waals surface area contributed by atoms with Gasteiger partial charge < -0.3 is 5.32 Å². The molecule has 2 aromatic heterocycles. The highest BCUT2D eigenvalue weighted by Crippen LogP contribution is 2.32. The Kier molecular flexibility index (Phi) is 5.80. The van der Waals surface area contributed by atoms with Gasteiger partial charge in [0.05, 0.1) is 16.8 Å². The van der Waals surface area contributed by atoms with Gasteiger partial charge in [0, 0.05) is 39.2 Å². The van der Waals surface area contributed by atoms with Crippen molar-refractivity contribution in [1.82, 2.24) is 15.3 Å². The Balaban J connectivity index is 1.20. The zero-order valence-electron chi connectivity index (χ0n) is 18.9. The van der Waals surface area contributed by atoms with Crippen molar-refractivity contribution in [2.45, 2.75) is 25.8 Å². The summed E-state index contributed by atoms with van der Waals surface area (Å²) < 4.78 is 0. The normalized spacial score (nSPS) is 12.6. The maximum atomic E-state index is 13.3. The second-order valence-corrected chi connectivity index (χ2v) is 10.0. The van der Waals surface area contributed by atoms with Crippen LogP contribution in [0.4, 0.5) is 0 Å². The van der Waals surface area contributed by atoms with Crippen LogP contribution in [0.25, 0.3) is 32.7 Å². The molecule has 0 saturated heterocycles. The zero-order valence-corrected chi connectivity index (χ0v) is 20.5. The largest absolute Gasteiger partial charge is 0.348 e. The van der Waals surface area contributed by atoms with Crippen LogP contribution in [0.3, 0.4) is 0 Å². The van der Waals surface area contributed by atoms with Crippen molar-refractivity contribution in [3.63, 3.8) is 0 Å². The van der Waals surface area contributed by atoms with Crippen molar-refractivity contribution < 1.29 is 4.79 Å². The van der Waals surface area contributed by atoms with E-state index in [0.717, 1.165) is 74.4 Å². The summed E-state index contributed by atoms with van der Waals surface area (Å²) in [6.07, 6.45) is 2.82. The van der Waals surface area contributed by atoms with Crippen LogP contribution >= 0.6 is 22.9 Å². The summed E-state index contributed by atoms with van der Waals surface area (Å²) in [4.78, 5) is 22.9. The first-order valence-corrected chi connectivity index (χ1v) is 12.9. The highest BCUT2D eigenvalue weighted by Gasteiger charge is 2.24. The molecule has 5 aromatic rings. The first-order valence-electron chi connectivity index (χ1n) is 11.7. The second kappa shape index (κ2) is 9.25. The minimum absolute atomic E-state index is 0.0747. The molecule has 4 nitrogen and oxygen atoms in total. The number of nitrogens with one attached hydrogen (secondary N) is 1. The number of nitrogens with zero attached hydrogens (tertiary/aromatic N) is 2. The van der Waals surface area contributed by atoms with Gasteiger partial charge in [0.1, 0.15) is 5.01 Å². The van der Waals surface area contributed by atoms with E-state index in [9.17, 15) is 4.79 Å². The van der Waals surface area contributed by atoms with Crippen molar-refractivity contribution in [3.05, 3.63) is 106 Å². The van der Waals surface area contributed by atoms with E-state index in [1.165, 1.54) is 0 Å². The van der Waals surface area contributed by atoms with Crippen LogP contribution in [0.1, 0.15) is 33.6 Å². The Morgan fingerprint density at radius 2 is 1.77 bits per heavy atom. The molecule has 1 amide bonds. The van der Waals surface area contributed by atoms with Gasteiger partial charge in [0.25, 0.3) is 5.91 Å². The molecular formula is C29H22ClN3OS. The average Bonchev–Trinajstić information content (AvgIpc) is 3.57. The lowest BCUT2D eigenvalue weighted by Gasteiger charge is -2.13. The molecule has 35 heavy (non-hydrogen) atoms. The number of benzene rings is 3. The van der Waals surface area contributed by atoms with Crippen molar-refractivity contribution >= 4 is 39.7 Å². The van der Waals surface area contributed by atoms with Gasteiger partial charge in [0.15, 0.2) is 0 Å². The molecule has 1 aliphatic rings. The number of thiazole rings is 1. The van der Waals surface area contributed by atoms with E-state index in [1.807, 2.05) is 48.5 Å². The summed E-state index contributed by atoms with van der Waals surface area (Å²) in [5.41, 5.74) is 7.85.